The fourth-order valence-electron chi connectivity index (χ4n) is 2.36. The largest absolute Gasteiger partial charge is 0.508 e. The summed E-state index contributed by atoms with van der Waals surface area (Å²) < 4.78 is 3.63. The maximum Gasteiger partial charge on any atom is 0.119 e. The Kier molecular flexibility index (Phi) is 2.65. The van der Waals surface area contributed by atoms with Gasteiger partial charge in [-0.05, 0) is 55.7 Å². The molecule has 1 nitrogen and oxygen atoms in total. The number of halogens is 1. The molecule has 1 heterocycles. The van der Waals surface area contributed by atoms with E-state index in [4.69, 9.17) is 0 Å². The summed E-state index contributed by atoms with van der Waals surface area (Å²) in [5.74, 6) is 0.377. The number of benzene rings is 2. The minimum atomic E-state index is 0.377. The van der Waals surface area contributed by atoms with Crippen molar-refractivity contribution >= 4 is 47.4 Å². The maximum atomic E-state index is 9.82. The van der Waals surface area contributed by atoms with Crippen molar-refractivity contribution in [3.8, 4) is 5.75 Å². The Morgan fingerprint density at radius 3 is 2.39 bits per heavy atom. The van der Waals surface area contributed by atoms with Gasteiger partial charge in [-0.25, -0.2) is 0 Å². The van der Waals surface area contributed by atoms with Crippen molar-refractivity contribution in [1.82, 2.24) is 0 Å². The first kappa shape index (κ1) is 12.0. The highest BCUT2D eigenvalue weighted by atomic mass is 79.9. The molecule has 0 fully saturated rings. The molecule has 0 atom stereocenters. The highest BCUT2D eigenvalue weighted by Gasteiger charge is 2.12. The van der Waals surface area contributed by atoms with E-state index in [0.717, 1.165) is 10.3 Å². The highest BCUT2D eigenvalue weighted by molar-refractivity contribution is 9.10. The average molecular weight is 321 g/mol. The number of phenolic OH excluding ortho intramolecular Hbond substituents is 1. The third-order valence-electron chi connectivity index (χ3n) is 3.42. The monoisotopic (exact) mass is 320 g/mol. The molecule has 18 heavy (non-hydrogen) atoms. The van der Waals surface area contributed by atoms with Crippen molar-refractivity contribution in [1.29, 1.82) is 0 Å². The van der Waals surface area contributed by atoms with Gasteiger partial charge < -0.3 is 5.11 Å². The second kappa shape index (κ2) is 3.97. The number of aromatic hydroxyl groups is 1. The molecule has 1 N–H and O–H groups in total. The average Bonchev–Trinajstić information content (AvgIpc) is 2.66. The molecule has 0 amide bonds. The summed E-state index contributed by atoms with van der Waals surface area (Å²) in [5.41, 5.74) is 3.47. The Labute approximate surface area is 118 Å². The molecule has 0 unspecified atom stereocenters. The lowest BCUT2D eigenvalue weighted by molar-refractivity contribution is 0.472. The van der Waals surface area contributed by atoms with Crippen molar-refractivity contribution in [2.45, 2.75) is 20.8 Å². The van der Waals surface area contributed by atoms with Crippen LogP contribution < -0.4 is 0 Å². The van der Waals surface area contributed by atoms with E-state index in [-0.39, 0.29) is 0 Å². The lowest BCUT2D eigenvalue weighted by Gasteiger charge is -2.04. The summed E-state index contributed by atoms with van der Waals surface area (Å²) in [7, 11) is 0. The van der Waals surface area contributed by atoms with Crippen LogP contribution in [0, 0.1) is 20.8 Å². The minimum absolute atomic E-state index is 0.377. The summed E-state index contributed by atoms with van der Waals surface area (Å²) in [5, 5.41) is 12.3. The predicted octanol–water partition coefficient (Wildman–Crippen LogP) is 5.45. The topological polar surface area (TPSA) is 20.2 Å². The van der Waals surface area contributed by atoms with Crippen molar-refractivity contribution in [2.24, 2.45) is 0 Å². The van der Waals surface area contributed by atoms with Gasteiger partial charge >= 0.3 is 0 Å². The Balaban J connectivity index is 2.56. The molecule has 3 aromatic rings. The fraction of sp³-hybridized carbons (Fsp3) is 0.200. The van der Waals surface area contributed by atoms with E-state index < -0.39 is 0 Å². The first-order valence-electron chi connectivity index (χ1n) is 5.80. The van der Waals surface area contributed by atoms with Gasteiger partial charge in [0.05, 0.1) is 0 Å². The smallest absolute Gasteiger partial charge is 0.119 e. The molecule has 0 saturated carbocycles. The number of hydrogen-bond acceptors (Lipinski definition) is 2. The summed E-state index contributed by atoms with van der Waals surface area (Å²) in [6.07, 6.45) is 0. The van der Waals surface area contributed by atoms with Crippen LogP contribution in [0.4, 0.5) is 0 Å². The summed E-state index contributed by atoms with van der Waals surface area (Å²) >= 11 is 5.39. The first-order valence-corrected chi connectivity index (χ1v) is 7.41. The SMILES string of the molecule is Cc1cc2c(cc1O)sc1c(C)c(Br)c(C)cc12. The van der Waals surface area contributed by atoms with Gasteiger partial charge in [-0.15, -0.1) is 11.3 Å². The normalized spacial score (nSPS) is 11.6. The van der Waals surface area contributed by atoms with Gasteiger partial charge in [0.15, 0.2) is 0 Å². The number of rotatable bonds is 0. The van der Waals surface area contributed by atoms with E-state index in [0.29, 0.717) is 5.75 Å². The van der Waals surface area contributed by atoms with Crippen LogP contribution in [-0.2, 0) is 0 Å². The molecular weight excluding hydrogens is 308 g/mol. The van der Waals surface area contributed by atoms with Crippen LogP contribution in [0.25, 0.3) is 20.2 Å². The second-order valence-corrected chi connectivity index (χ2v) is 6.59. The molecule has 0 radical (unpaired) electrons. The molecular formula is C15H13BrOS. The molecule has 0 saturated heterocycles. The fourth-order valence-corrected chi connectivity index (χ4v) is 4.00. The van der Waals surface area contributed by atoms with Gasteiger partial charge in [-0.1, -0.05) is 15.9 Å². The Morgan fingerprint density at radius 1 is 1.00 bits per heavy atom. The van der Waals surface area contributed by atoms with Crippen molar-refractivity contribution < 1.29 is 5.11 Å². The second-order valence-electron chi connectivity index (χ2n) is 4.75. The van der Waals surface area contributed by atoms with Gasteiger partial charge in [0.25, 0.3) is 0 Å². The number of aryl methyl sites for hydroxylation is 3. The van der Waals surface area contributed by atoms with E-state index in [1.807, 2.05) is 13.0 Å². The molecule has 92 valence electrons. The van der Waals surface area contributed by atoms with E-state index in [1.54, 1.807) is 11.3 Å². The highest BCUT2D eigenvalue weighted by Crippen LogP contribution is 2.41. The van der Waals surface area contributed by atoms with Crippen LogP contribution in [0.15, 0.2) is 22.7 Å². The van der Waals surface area contributed by atoms with Gasteiger partial charge in [-0.2, -0.15) is 0 Å². The Hall–Kier alpha value is -1.06. The van der Waals surface area contributed by atoms with Crippen LogP contribution in [-0.4, -0.2) is 5.11 Å². The minimum Gasteiger partial charge on any atom is -0.508 e. The zero-order valence-electron chi connectivity index (χ0n) is 10.5. The Bertz CT molecular complexity index is 786. The van der Waals surface area contributed by atoms with Crippen molar-refractivity contribution in [2.75, 3.05) is 0 Å². The lowest BCUT2D eigenvalue weighted by atomic mass is 10.0. The third kappa shape index (κ3) is 1.57. The van der Waals surface area contributed by atoms with E-state index in [1.165, 1.54) is 31.1 Å². The van der Waals surface area contributed by atoms with Crippen LogP contribution in [0.1, 0.15) is 16.7 Å². The standard InChI is InChI=1S/C15H13BrOS/c1-7-4-10-11-5-8(2)14(16)9(3)15(11)18-13(10)6-12(7)17/h4-6,17H,1-3H3. The zero-order valence-corrected chi connectivity index (χ0v) is 12.9. The number of hydrogen-bond donors (Lipinski definition) is 1. The molecule has 1 aromatic heterocycles. The lowest BCUT2D eigenvalue weighted by Crippen LogP contribution is -1.81. The number of phenols is 1. The first-order chi connectivity index (χ1) is 8.49. The van der Waals surface area contributed by atoms with Gasteiger partial charge in [0.1, 0.15) is 5.75 Å². The van der Waals surface area contributed by atoms with Crippen molar-refractivity contribution in [3.05, 3.63) is 39.4 Å². The summed E-state index contributed by atoms with van der Waals surface area (Å²) in [6.45, 7) is 6.20. The predicted molar refractivity (Wildman–Crippen MR) is 82.9 cm³/mol. The molecule has 0 aliphatic heterocycles. The van der Waals surface area contributed by atoms with Crippen LogP contribution in [0.2, 0.25) is 0 Å². The van der Waals surface area contributed by atoms with Crippen LogP contribution in [0.3, 0.4) is 0 Å². The van der Waals surface area contributed by atoms with E-state index >= 15 is 0 Å². The summed E-state index contributed by atoms with van der Waals surface area (Å²) in [4.78, 5) is 0. The van der Waals surface area contributed by atoms with Crippen molar-refractivity contribution in [3.63, 3.8) is 0 Å². The molecule has 2 aromatic carbocycles. The molecule has 3 heteroatoms. The van der Waals surface area contributed by atoms with Gasteiger partial charge in [0.2, 0.25) is 0 Å². The quantitative estimate of drug-likeness (QED) is 0.584. The van der Waals surface area contributed by atoms with Crippen LogP contribution in [0.5, 0.6) is 5.75 Å². The van der Waals surface area contributed by atoms with Gasteiger partial charge in [-0.3, -0.25) is 0 Å². The number of fused-ring (bicyclic) bond motifs is 3. The Morgan fingerprint density at radius 2 is 1.67 bits per heavy atom. The molecule has 3 rings (SSSR count). The van der Waals surface area contributed by atoms with Crippen LogP contribution >= 0.6 is 27.3 Å². The molecule has 0 aliphatic carbocycles. The molecule has 0 bridgehead atoms. The summed E-state index contributed by atoms with van der Waals surface area (Å²) in [6, 6.07) is 6.18. The van der Waals surface area contributed by atoms with E-state index in [2.05, 4.69) is 41.9 Å². The molecule has 0 spiro atoms. The third-order valence-corrected chi connectivity index (χ3v) is 5.93. The zero-order chi connectivity index (χ0) is 13.0. The maximum absolute atomic E-state index is 9.82. The van der Waals surface area contributed by atoms with Gasteiger partial charge in [0, 0.05) is 24.6 Å². The number of thiophene rings is 1. The van der Waals surface area contributed by atoms with E-state index in [9.17, 15) is 5.11 Å². The molecule has 0 aliphatic rings.